The van der Waals surface area contributed by atoms with Gasteiger partial charge in [0.15, 0.2) is 0 Å². The third-order valence-corrected chi connectivity index (χ3v) is 0. The van der Waals surface area contributed by atoms with E-state index in [-0.39, 0.29) is 81.0 Å². The normalized spacial score (nSPS) is 3.86. The van der Waals surface area contributed by atoms with Crippen LogP contribution in [0.2, 0.25) is 0 Å². The quantitative estimate of drug-likeness (QED) is 0.416. The van der Waals surface area contributed by atoms with Crippen LogP contribution in [0.25, 0.3) is 0 Å². The van der Waals surface area contributed by atoms with Gasteiger partial charge in [0, 0.05) is 0 Å². The van der Waals surface area contributed by atoms with E-state index in [0.717, 1.165) is 0 Å². The van der Waals surface area contributed by atoms with Crippen molar-refractivity contribution < 1.29 is 58.3 Å². The smallest absolute Gasteiger partial charge is 0.907 e. The van der Waals surface area contributed by atoms with Gasteiger partial charge in [0.05, 0.1) is 0 Å². The van der Waals surface area contributed by atoms with E-state index in [0.29, 0.717) is 0 Å². The molecule has 0 amide bonds. The fraction of sp³-hybridized carbons (Fsp3) is 0. The van der Waals surface area contributed by atoms with Gasteiger partial charge in [-0.15, -0.1) is 0 Å². The van der Waals surface area contributed by atoms with Crippen LogP contribution in [0.5, 0.6) is 0 Å². The summed E-state index contributed by atoms with van der Waals surface area (Å²) in [6, 6.07) is 0. The Morgan fingerprint density at radius 3 is 1.00 bits per heavy atom. The van der Waals surface area contributed by atoms with Crippen molar-refractivity contribution in [1.29, 1.82) is 0 Å². The molecule has 0 saturated heterocycles. The van der Waals surface area contributed by atoms with E-state index < -0.39 is 7.32 Å². The van der Waals surface area contributed by atoms with Crippen LogP contribution in [0.3, 0.4) is 0 Å². The zero-order valence-corrected chi connectivity index (χ0v) is 8.61. The maximum absolute atomic E-state index is 8.42. The van der Waals surface area contributed by atoms with Gasteiger partial charge in [-0.3, -0.25) is 7.32 Å². The fourth-order valence-electron chi connectivity index (χ4n) is 0. The van der Waals surface area contributed by atoms with Gasteiger partial charge in [-0.05, 0) is 0 Å². The number of hydrogen-bond donors (Lipinski definition) is 0. The molecule has 4 nitrogen and oxygen atoms in total. The average Bonchev–Trinajstić information content (AvgIpc) is 0.811. The fourth-order valence-corrected chi connectivity index (χ4v) is 0. The van der Waals surface area contributed by atoms with Crippen molar-refractivity contribution in [2.45, 2.75) is 0 Å². The first-order valence-corrected chi connectivity index (χ1v) is 0.707. The Bertz CT molecular complexity index is 16.4. The molecule has 42 valence electrons. The van der Waals surface area contributed by atoms with E-state index in [1.54, 1.807) is 0 Å². The molecule has 0 rings (SSSR count). The molecule has 0 aliphatic heterocycles. The van der Waals surface area contributed by atoms with E-state index in [1.165, 1.54) is 0 Å². The summed E-state index contributed by atoms with van der Waals surface area (Å²) in [7, 11) is -2.92. The van der Waals surface area contributed by atoms with Crippen LogP contribution < -0.4 is 15.1 Å². The van der Waals surface area contributed by atoms with Crippen molar-refractivity contribution >= 4 is 45.1 Å². The predicted octanol–water partition coefficient (Wildman–Crippen LogP) is -4.77. The summed E-state index contributed by atoms with van der Waals surface area (Å²) in [5, 5.41) is 25.2. The summed E-state index contributed by atoms with van der Waals surface area (Å²) in [6.45, 7) is 0. The molecule has 0 aromatic heterocycles. The van der Waals surface area contributed by atoms with E-state index >= 15 is 0 Å². The SMILES string of the molecule is [CaH+].[Ho+3].[O-]B([O-])[O-].[OH-]. The third kappa shape index (κ3) is 59.2. The standard InChI is InChI=1S/BO3.Ca.Ho.H2O.H/c2-1(3)4;;;;/h;;;1H2;/q-3;+1;+3;;/p-1. The Balaban J connectivity index is -0.0000000150. The van der Waals surface area contributed by atoms with E-state index in [9.17, 15) is 0 Å². The summed E-state index contributed by atoms with van der Waals surface area (Å²) in [6.07, 6.45) is 0. The van der Waals surface area contributed by atoms with Crippen LogP contribution >= 0.6 is 0 Å². The molecule has 1 N–H and O–H groups in total. The van der Waals surface area contributed by atoms with Crippen LogP contribution in [-0.4, -0.2) is 50.5 Å². The number of hydrogen-bond acceptors (Lipinski definition) is 4. The summed E-state index contributed by atoms with van der Waals surface area (Å²) < 4.78 is 0. The summed E-state index contributed by atoms with van der Waals surface area (Å²) in [5.74, 6) is 0. The number of rotatable bonds is 0. The van der Waals surface area contributed by atoms with Gasteiger partial charge in [-0.2, -0.15) is 0 Å². The molecule has 0 unspecified atom stereocenters. The van der Waals surface area contributed by atoms with Crippen molar-refractivity contribution in [3.63, 3.8) is 0 Å². The molecule has 0 aromatic rings. The van der Waals surface area contributed by atoms with Crippen molar-refractivity contribution in [2.75, 3.05) is 0 Å². The molecule has 0 heterocycles. The summed E-state index contributed by atoms with van der Waals surface area (Å²) >= 11 is 0. The monoisotopic (exact) mass is 282 g/mol. The van der Waals surface area contributed by atoms with Gasteiger partial charge in [0.25, 0.3) is 0 Å². The Kier molecular flexibility index (Phi) is 51.2. The maximum Gasteiger partial charge on any atom is 3.00 e. The van der Waals surface area contributed by atoms with Gasteiger partial charge in [0.1, 0.15) is 0 Å². The minimum absolute atomic E-state index is 0. The molecule has 0 aliphatic carbocycles. The molecule has 0 radical (unpaired) electrons. The average molecular weight is 282 g/mol. The first-order chi connectivity index (χ1) is 1.73. The van der Waals surface area contributed by atoms with Gasteiger partial charge in [-0.25, -0.2) is 0 Å². The Morgan fingerprint density at radius 1 is 1.00 bits per heavy atom. The minimum Gasteiger partial charge on any atom is -0.907 e. The van der Waals surface area contributed by atoms with Crippen LogP contribution in [-0.2, 0) is 0 Å². The first-order valence-electron chi connectivity index (χ1n) is 0.707. The van der Waals surface area contributed by atoms with Gasteiger partial charge < -0.3 is 20.5 Å². The maximum atomic E-state index is 8.42. The molecule has 0 saturated carbocycles. The van der Waals surface area contributed by atoms with Gasteiger partial charge in [-0.1, -0.05) is 0 Å². The second-order valence-corrected chi connectivity index (χ2v) is 0.289. The zero-order chi connectivity index (χ0) is 3.58. The third-order valence-electron chi connectivity index (χ3n) is 0. The molecule has 0 aromatic carbocycles. The molecule has 0 spiro atoms. The predicted molar refractivity (Wildman–Crippen MR) is 14.8 cm³/mol. The van der Waals surface area contributed by atoms with Crippen molar-refractivity contribution in [3.8, 4) is 0 Å². The van der Waals surface area contributed by atoms with Crippen LogP contribution in [0.4, 0.5) is 0 Å². The molecular weight excluding hydrogens is 280 g/mol. The van der Waals surface area contributed by atoms with Crippen LogP contribution in [0, 0.1) is 37.7 Å². The minimum atomic E-state index is -2.92. The van der Waals surface area contributed by atoms with Crippen molar-refractivity contribution in [2.24, 2.45) is 0 Å². The van der Waals surface area contributed by atoms with Crippen molar-refractivity contribution in [1.82, 2.24) is 0 Å². The Hall–Kier alpha value is 2.42. The Morgan fingerprint density at radius 2 is 1.00 bits per heavy atom. The van der Waals surface area contributed by atoms with E-state index in [2.05, 4.69) is 0 Å². The second-order valence-electron chi connectivity index (χ2n) is 0.289. The van der Waals surface area contributed by atoms with Gasteiger partial charge in [0.2, 0.25) is 0 Å². The van der Waals surface area contributed by atoms with Gasteiger partial charge >= 0.3 is 75.5 Å². The van der Waals surface area contributed by atoms with E-state index in [4.69, 9.17) is 15.1 Å². The molecule has 0 bridgehead atoms. The first kappa shape index (κ1) is 22.7. The summed E-state index contributed by atoms with van der Waals surface area (Å²) in [4.78, 5) is 0. The second kappa shape index (κ2) is 15.8. The van der Waals surface area contributed by atoms with Crippen molar-refractivity contribution in [3.05, 3.63) is 0 Å². The largest absolute Gasteiger partial charge is 3.00 e. The zero-order valence-electron chi connectivity index (χ0n) is 3.55. The molecular formula is H2BCaHoO4. The Labute approximate surface area is 101 Å². The summed E-state index contributed by atoms with van der Waals surface area (Å²) in [5.41, 5.74) is 0. The molecule has 0 aliphatic rings. The molecule has 0 fully saturated rings. The van der Waals surface area contributed by atoms with E-state index in [1.807, 2.05) is 0 Å². The molecule has 7 heavy (non-hydrogen) atoms. The topological polar surface area (TPSA) is 99.2 Å². The molecule has 7 heteroatoms. The van der Waals surface area contributed by atoms with Crippen LogP contribution in [0.15, 0.2) is 0 Å². The van der Waals surface area contributed by atoms with Crippen LogP contribution in [0.1, 0.15) is 0 Å². The molecule has 0 atom stereocenters.